The van der Waals surface area contributed by atoms with Gasteiger partial charge in [-0.1, -0.05) is 44.2 Å². The van der Waals surface area contributed by atoms with Crippen molar-refractivity contribution in [3.63, 3.8) is 0 Å². The van der Waals surface area contributed by atoms with Crippen LogP contribution in [0.1, 0.15) is 50.3 Å². The highest BCUT2D eigenvalue weighted by Crippen LogP contribution is 2.45. The molecule has 2 aromatic rings. The minimum absolute atomic E-state index is 0.0232. The molecule has 152 valence electrons. The maximum atomic E-state index is 10.4. The number of benzene rings is 2. The van der Waals surface area contributed by atoms with Crippen molar-refractivity contribution in [2.45, 2.75) is 55.7 Å². The van der Waals surface area contributed by atoms with Crippen LogP contribution in [-0.4, -0.2) is 36.7 Å². The first-order valence-corrected chi connectivity index (χ1v) is 10.9. The number of nitrogens with one attached hydrogen (secondary N) is 1. The molecule has 2 N–H and O–H groups in total. The number of thioether (sulfide) groups is 1. The van der Waals surface area contributed by atoms with Crippen LogP contribution < -0.4 is 14.8 Å². The minimum atomic E-state index is -0.310. The lowest BCUT2D eigenvalue weighted by molar-refractivity contribution is 0.116. The zero-order valence-corrected chi connectivity index (χ0v) is 18.0. The van der Waals surface area contributed by atoms with Gasteiger partial charge in [-0.05, 0) is 42.5 Å². The average Bonchev–Trinajstić information content (AvgIpc) is 2.90. The summed E-state index contributed by atoms with van der Waals surface area (Å²) in [6, 6.07) is 14.7. The van der Waals surface area contributed by atoms with Crippen LogP contribution in [0.15, 0.2) is 47.4 Å². The number of ether oxygens (including phenoxy) is 2. The first kappa shape index (κ1) is 21.0. The van der Waals surface area contributed by atoms with Gasteiger partial charge in [-0.25, -0.2) is 0 Å². The van der Waals surface area contributed by atoms with E-state index in [-0.39, 0.29) is 17.7 Å². The third-order valence-corrected chi connectivity index (χ3v) is 7.05. The summed E-state index contributed by atoms with van der Waals surface area (Å²) in [5, 5.41) is 14.4. The molecule has 0 saturated carbocycles. The van der Waals surface area contributed by atoms with Gasteiger partial charge < -0.3 is 14.6 Å². The molecule has 1 aliphatic rings. The fourth-order valence-corrected chi connectivity index (χ4v) is 5.21. The number of methoxy groups -OCH3 is 2. The van der Waals surface area contributed by atoms with Gasteiger partial charge in [0, 0.05) is 16.2 Å². The topological polar surface area (TPSA) is 50.7 Å². The Morgan fingerprint density at radius 1 is 1.14 bits per heavy atom. The zero-order valence-electron chi connectivity index (χ0n) is 17.2. The van der Waals surface area contributed by atoms with Gasteiger partial charge in [0.2, 0.25) is 0 Å². The quantitative estimate of drug-likeness (QED) is 0.698. The van der Waals surface area contributed by atoms with E-state index in [2.05, 4.69) is 48.6 Å². The minimum Gasteiger partial charge on any atom is -0.493 e. The maximum Gasteiger partial charge on any atom is 0.161 e. The van der Waals surface area contributed by atoms with Gasteiger partial charge >= 0.3 is 0 Å². The van der Waals surface area contributed by atoms with Gasteiger partial charge in [0.05, 0.1) is 26.4 Å². The SMILES string of the molecule is CC[C@@H](O)C[C@@]1(CC)CSc2cc(OC)c(OC)cc2[C@H](c2ccccc2)N1. The van der Waals surface area contributed by atoms with Crippen LogP contribution in [0.5, 0.6) is 11.5 Å². The largest absolute Gasteiger partial charge is 0.493 e. The Morgan fingerprint density at radius 2 is 1.82 bits per heavy atom. The van der Waals surface area contributed by atoms with Crippen LogP contribution in [-0.2, 0) is 0 Å². The Labute approximate surface area is 172 Å². The lowest BCUT2D eigenvalue weighted by Gasteiger charge is -2.37. The molecule has 4 nitrogen and oxygen atoms in total. The van der Waals surface area contributed by atoms with Gasteiger partial charge in [0.15, 0.2) is 11.5 Å². The van der Waals surface area contributed by atoms with E-state index in [0.29, 0.717) is 0 Å². The summed E-state index contributed by atoms with van der Waals surface area (Å²) in [5.41, 5.74) is 2.25. The highest BCUT2D eigenvalue weighted by Gasteiger charge is 2.37. The van der Waals surface area contributed by atoms with E-state index in [1.165, 1.54) is 16.0 Å². The van der Waals surface area contributed by atoms with Crippen LogP contribution in [0.3, 0.4) is 0 Å². The van der Waals surface area contributed by atoms with Crippen molar-refractivity contribution in [1.82, 2.24) is 5.32 Å². The number of rotatable bonds is 7. The lowest BCUT2D eigenvalue weighted by Crippen LogP contribution is -2.50. The molecular formula is C23H31NO3S. The Bertz CT molecular complexity index is 783. The molecule has 1 aliphatic heterocycles. The third-order valence-electron chi connectivity index (χ3n) is 5.69. The highest BCUT2D eigenvalue weighted by atomic mass is 32.2. The van der Waals surface area contributed by atoms with E-state index < -0.39 is 0 Å². The van der Waals surface area contributed by atoms with Gasteiger partial charge in [0.25, 0.3) is 0 Å². The first-order valence-electron chi connectivity index (χ1n) is 9.95. The summed E-state index contributed by atoms with van der Waals surface area (Å²) in [6.45, 7) is 4.24. The summed E-state index contributed by atoms with van der Waals surface area (Å²) < 4.78 is 11.1. The predicted octanol–water partition coefficient (Wildman–Crippen LogP) is 4.80. The van der Waals surface area contributed by atoms with Crippen LogP contribution in [0.25, 0.3) is 0 Å². The number of fused-ring (bicyclic) bond motifs is 1. The second-order valence-electron chi connectivity index (χ2n) is 7.42. The van der Waals surface area contributed by atoms with E-state index in [1.807, 2.05) is 24.8 Å². The fraction of sp³-hybridized carbons (Fsp3) is 0.478. The smallest absolute Gasteiger partial charge is 0.161 e. The fourth-order valence-electron chi connectivity index (χ4n) is 3.84. The average molecular weight is 402 g/mol. The van der Waals surface area contributed by atoms with Crippen LogP contribution in [0.2, 0.25) is 0 Å². The summed E-state index contributed by atoms with van der Waals surface area (Å²) in [6.07, 6.45) is 2.13. The summed E-state index contributed by atoms with van der Waals surface area (Å²) >= 11 is 1.83. The van der Waals surface area contributed by atoms with E-state index >= 15 is 0 Å². The third kappa shape index (κ3) is 4.32. The molecule has 0 spiro atoms. The molecule has 3 atom stereocenters. The molecule has 0 aliphatic carbocycles. The summed E-state index contributed by atoms with van der Waals surface area (Å²) in [7, 11) is 3.35. The molecule has 0 bridgehead atoms. The number of aliphatic hydroxyl groups excluding tert-OH is 1. The summed E-state index contributed by atoms with van der Waals surface area (Å²) in [5.74, 6) is 2.38. The van der Waals surface area contributed by atoms with E-state index in [0.717, 1.165) is 36.5 Å². The molecule has 0 amide bonds. The Kier molecular flexibility index (Phi) is 6.91. The molecular weight excluding hydrogens is 370 g/mol. The Hall–Kier alpha value is -1.69. The molecule has 3 rings (SSSR count). The van der Waals surface area contributed by atoms with Crippen molar-refractivity contribution in [2.75, 3.05) is 20.0 Å². The van der Waals surface area contributed by atoms with Crippen LogP contribution >= 0.6 is 11.8 Å². The van der Waals surface area contributed by atoms with Crippen LogP contribution in [0.4, 0.5) is 0 Å². The molecule has 0 radical (unpaired) electrons. The van der Waals surface area contributed by atoms with Gasteiger partial charge in [-0.3, -0.25) is 5.32 Å². The Morgan fingerprint density at radius 3 is 2.43 bits per heavy atom. The van der Waals surface area contributed by atoms with E-state index in [4.69, 9.17) is 9.47 Å². The second-order valence-corrected chi connectivity index (χ2v) is 8.44. The second kappa shape index (κ2) is 9.21. The molecule has 0 saturated heterocycles. The van der Waals surface area contributed by atoms with Crippen molar-refractivity contribution in [2.24, 2.45) is 0 Å². The van der Waals surface area contributed by atoms with Crippen molar-refractivity contribution in [3.05, 3.63) is 53.6 Å². The number of hydrogen-bond acceptors (Lipinski definition) is 5. The molecule has 1 heterocycles. The molecule has 0 unspecified atom stereocenters. The monoisotopic (exact) mass is 401 g/mol. The van der Waals surface area contributed by atoms with Crippen molar-refractivity contribution in [3.8, 4) is 11.5 Å². The van der Waals surface area contributed by atoms with Crippen molar-refractivity contribution >= 4 is 11.8 Å². The van der Waals surface area contributed by atoms with Crippen LogP contribution in [0, 0.1) is 0 Å². The normalized spacial score (nSPS) is 22.8. The van der Waals surface area contributed by atoms with Crippen molar-refractivity contribution < 1.29 is 14.6 Å². The maximum absolute atomic E-state index is 10.4. The molecule has 2 aromatic carbocycles. The van der Waals surface area contributed by atoms with Gasteiger partial charge in [0.1, 0.15) is 0 Å². The number of hydrogen-bond donors (Lipinski definition) is 2. The van der Waals surface area contributed by atoms with E-state index in [1.54, 1.807) is 14.2 Å². The lowest BCUT2D eigenvalue weighted by atomic mass is 9.87. The number of aliphatic hydroxyl groups is 1. The van der Waals surface area contributed by atoms with Gasteiger partial charge in [-0.2, -0.15) is 0 Å². The molecule has 0 fully saturated rings. The zero-order chi connectivity index (χ0) is 20.1. The van der Waals surface area contributed by atoms with Crippen molar-refractivity contribution in [1.29, 1.82) is 0 Å². The Balaban J connectivity index is 2.11. The highest BCUT2D eigenvalue weighted by molar-refractivity contribution is 7.99. The summed E-state index contributed by atoms with van der Waals surface area (Å²) in [4.78, 5) is 1.19. The molecule has 0 aromatic heterocycles. The first-order chi connectivity index (χ1) is 13.6. The molecule has 5 heteroatoms. The van der Waals surface area contributed by atoms with E-state index in [9.17, 15) is 5.11 Å². The standard InChI is InChI=1S/C23H31NO3S/c1-5-17(25)14-23(6-2)15-28-21-13-20(27-4)19(26-3)12-18(21)22(24-23)16-10-8-7-9-11-16/h7-13,17,22,24-25H,5-6,14-15H2,1-4H3/t17-,22+,23+/m1/s1. The van der Waals surface area contributed by atoms with Gasteiger partial charge in [-0.15, -0.1) is 11.8 Å². The molecule has 28 heavy (non-hydrogen) atoms. The predicted molar refractivity (Wildman–Crippen MR) is 116 cm³/mol.